The van der Waals surface area contributed by atoms with Crippen LogP contribution in [-0.4, -0.2) is 15.0 Å². The lowest BCUT2D eigenvalue weighted by Gasteiger charge is -2.25. The molecule has 11 rings (SSSR count). The second-order valence-electron chi connectivity index (χ2n) is 14.0. The number of rotatable bonds is 7. The average molecular weight is 733 g/mol. The second kappa shape index (κ2) is 13.5. The van der Waals surface area contributed by atoms with Gasteiger partial charge in [0.15, 0.2) is 17.5 Å². The first-order chi connectivity index (χ1) is 28.2. The Bertz CT molecular complexity index is 3230. The van der Waals surface area contributed by atoms with E-state index < -0.39 is 0 Å². The minimum absolute atomic E-state index is 0.561. The number of furan rings is 2. The van der Waals surface area contributed by atoms with Crippen molar-refractivity contribution in [3.8, 4) is 45.3 Å². The van der Waals surface area contributed by atoms with Gasteiger partial charge >= 0.3 is 0 Å². The van der Waals surface area contributed by atoms with Crippen LogP contribution < -0.4 is 4.90 Å². The Hall–Kier alpha value is -7.83. The highest BCUT2D eigenvalue weighted by molar-refractivity contribution is 6.14. The van der Waals surface area contributed by atoms with Gasteiger partial charge in [-0.2, -0.15) is 0 Å². The molecular formula is C51H32N4O2. The maximum Gasteiger partial charge on any atom is 0.164 e. The van der Waals surface area contributed by atoms with Crippen molar-refractivity contribution in [3.63, 3.8) is 0 Å². The summed E-state index contributed by atoms with van der Waals surface area (Å²) in [5, 5.41) is 3.91. The van der Waals surface area contributed by atoms with Crippen molar-refractivity contribution in [2.45, 2.75) is 0 Å². The summed E-state index contributed by atoms with van der Waals surface area (Å²) < 4.78 is 12.9. The monoisotopic (exact) mass is 732 g/mol. The van der Waals surface area contributed by atoms with E-state index in [2.05, 4.69) is 114 Å². The third kappa shape index (κ3) is 5.70. The standard InChI is InChI=1S/C51H32N4O2/c1-4-14-33(15-5-1)34-26-28-37(29-27-34)55(36-18-8-3-9-19-36)38-30-31-40-46(32-38)57-45-25-13-22-42(48(40)45)51-53-49(35-16-6-2-7-17-35)52-50(54-51)41-21-12-24-44-47(41)39-20-10-11-23-43(39)56-44/h1-32H. The van der Waals surface area contributed by atoms with E-state index in [1.807, 2.05) is 84.9 Å². The van der Waals surface area contributed by atoms with E-state index in [-0.39, 0.29) is 0 Å². The van der Waals surface area contributed by atoms with Crippen molar-refractivity contribution >= 4 is 60.9 Å². The van der Waals surface area contributed by atoms with Crippen LogP contribution in [0.5, 0.6) is 0 Å². The molecule has 0 aliphatic carbocycles. The van der Waals surface area contributed by atoms with Gasteiger partial charge in [0, 0.05) is 61.4 Å². The molecule has 0 bridgehead atoms. The molecule has 3 aromatic heterocycles. The van der Waals surface area contributed by atoms with E-state index in [4.69, 9.17) is 23.8 Å². The predicted octanol–water partition coefficient (Wildman–Crippen LogP) is 13.8. The molecule has 8 aromatic carbocycles. The summed E-state index contributed by atoms with van der Waals surface area (Å²) in [6.45, 7) is 0. The molecule has 0 saturated carbocycles. The predicted molar refractivity (Wildman–Crippen MR) is 231 cm³/mol. The fraction of sp³-hybridized carbons (Fsp3) is 0. The lowest BCUT2D eigenvalue weighted by atomic mass is 10.0. The van der Waals surface area contributed by atoms with E-state index in [0.717, 1.165) is 77.6 Å². The molecule has 11 aromatic rings. The van der Waals surface area contributed by atoms with Gasteiger partial charge in [-0.25, -0.2) is 15.0 Å². The van der Waals surface area contributed by atoms with Gasteiger partial charge in [0.2, 0.25) is 0 Å². The van der Waals surface area contributed by atoms with Crippen molar-refractivity contribution in [2.24, 2.45) is 0 Å². The molecule has 0 saturated heterocycles. The zero-order valence-corrected chi connectivity index (χ0v) is 30.6. The van der Waals surface area contributed by atoms with Gasteiger partial charge in [0.25, 0.3) is 0 Å². The van der Waals surface area contributed by atoms with E-state index in [1.54, 1.807) is 0 Å². The van der Waals surface area contributed by atoms with Gasteiger partial charge in [0.05, 0.1) is 0 Å². The molecule has 0 radical (unpaired) electrons. The first-order valence-electron chi connectivity index (χ1n) is 18.9. The van der Waals surface area contributed by atoms with Gasteiger partial charge in [0.1, 0.15) is 22.3 Å². The number of hydrogen-bond donors (Lipinski definition) is 0. The number of para-hydroxylation sites is 2. The summed E-state index contributed by atoms with van der Waals surface area (Å²) in [7, 11) is 0. The first-order valence-corrected chi connectivity index (χ1v) is 18.9. The van der Waals surface area contributed by atoms with Crippen molar-refractivity contribution < 1.29 is 8.83 Å². The molecule has 0 amide bonds. The fourth-order valence-electron chi connectivity index (χ4n) is 7.89. The minimum Gasteiger partial charge on any atom is -0.456 e. The highest BCUT2D eigenvalue weighted by atomic mass is 16.3. The van der Waals surface area contributed by atoms with Crippen LogP contribution in [0.15, 0.2) is 203 Å². The average Bonchev–Trinajstić information content (AvgIpc) is 3.86. The molecular weight excluding hydrogens is 701 g/mol. The topological polar surface area (TPSA) is 68.2 Å². The van der Waals surface area contributed by atoms with Gasteiger partial charge in [-0.05, 0) is 65.7 Å². The van der Waals surface area contributed by atoms with Crippen LogP contribution in [0.2, 0.25) is 0 Å². The molecule has 268 valence electrons. The third-order valence-electron chi connectivity index (χ3n) is 10.5. The molecule has 3 heterocycles. The van der Waals surface area contributed by atoms with E-state index >= 15 is 0 Å². The van der Waals surface area contributed by atoms with E-state index in [9.17, 15) is 0 Å². The van der Waals surface area contributed by atoms with Crippen LogP contribution in [-0.2, 0) is 0 Å². The smallest absolute Gasteiger partial charge is 0.164 e. The van der Waals surface area contributed by atoms with Gasteiger partial charge in [-0.3, -0.25) is 0 Å². The summed E-state index contributed by atoms with van der Waals surface area (Å²) in [6.07, 6.45) is 0. The fourth-order valence-corrected chi connectivity index (χ4v) is 7.89. The quantitative estimate of drug-likeness (QED) is 0.162. The Morgan fingerprint density at radius 3 is 1.46 bits per heavy atom. The number of anilines is 3. The maximum atomic E-state index is 6.67. The van der Waals surface area contributed by atoms with Crippen molar-refractivity contribution in [2.75, 3.05) is 4.90 Å². The summed E-state index contributed by atoms with van der Waals surface area (Å²) in [4.78, 5) is 17.7. The van der Waals surface area contributed by atoms with Gasteiger partial charge in [-0.15, -0.1) is 0 Å². The number of hydrogen-bond acceptors (Lipinski definition) is 6. The number of fused-ring (bicyclic) bond motifs is 6. The Kier molecular flexibility index (Phi) is 7.71. The van der Waals surface area contributed by atoms with Crippen LogP contribution in [0.25, 0.3) is 89.2 Å². The van der Waals surface area contributed by atoms with Crippen LogP contribution in [0.3, 0.4) is 0 Å². The largest absolute Gasteiger partial charge is 0.456 e. The number of nitrogens with zero attached hydrogens (tertiary/aromatic N) is 4. The SMILES string of the molecule is c1ccc(-c2ccc(N(c3ccccc3)c3ccc4c(c3)oc3cccc(-c5nc(-c6ccccc6)nc(-c6cccc7oc8ccccc8c67)n5)c34)cc2)cc1. The molecule has 0 aliphatic heterocycles. The van der Waals surface area contributed by atoms with Gasteiger partial charge in [-0.1, -0.05) is 133 Å². The molecule has 0 N–H and O–H groups in total. The summed E-state index contributed by atoms with van der Waals surface area (Å²) >= 11 is 0. The molecule has 0 spiro atoms. The van der Waals surface area contributed by atoms with Crippen molar-refractivity contribution in [1.82, 2.24) is 15.0 Å². The molecule has 0 fully saturated rings. The molecule has 0 unspecified atom stereocenters. The number of aromatic nitrogens is 3. The first kappa shape index (κ1) is 32.6. The van der Waals surface area contributed by atoms with Crippen molar-refractivity contribution in [1.29, 1.82) is 0 Å². The Labute approximate surface area is 328 Å². The highest BCUT2D eigenvalue weighted by Gasteiger charge is 2.21. The lowest BCUT2D eigenvalue weighted by molar-refractivity contribution is 0.668. The Balaban J connectivity index is 1.07. The van der Waals surface area contributed by atoms with E-state index in [1.165, 1.54) is 11.1 Å². The molecule has 6 heteroatoms. The zero-order valence-electron chi connectivity index (χ0n) is 30.6. The Morgan fingerprint density at radius 1 is 0.316 bits per heavy atom. The summed E-state index contributed by atoms with van der Waals surface area (Å²) in [5.41, 5.74) is 11.2. The summed E-state index contributed by atoms with van der Waals surface area (Å²) in [5.74, 6) is 1.72. The normalized spacial score (nSPS) is 11.5. The van der Waals surface area contributed by atoms with Crippen LogP contribution in [0.4, 0.5) is 17.1 Å². The van der Waals surface area contributed by atoms with E-state index in [0.29, 0.717) is 17.5 Å². The maximum absolute atomic E-state index is 6.67. The van der Waals surface area contributed by atoms with Crippen LogP contribution in [0, 0.1) is 0 Å². The number of benzene rings is 8. The van der Waals surface area contributed by atoms with Gasteiger partial charge < -0.3 is 13.7 Å². The second-order valence-corrected chi connectivity index (χ2v) is 14.0. The van der Waals surface area contributed by atoms with Crippen molar-refractivity contribution in [3.05, 3.63) is 194 Å². The van der Waals surface area contributed by atoms with Crippen LogP contribution >= 0.6 is 0 Å². The Morgan fingerprint density at radius 2 is 0.789 bits per heavy atom. The van der Waals surface area contributed by atoms with Crippen LogP contribution in [0.1, 0.15) is 0 Å². The summed E-state index contributed by atoms with van der Waals surface area (Å²) in [6, 6.07) is 66.2. The minimum atomic E-state index is 0.561. The molecule has 57 heavy (non-hydrogen) atoms. The highest BCUT2D eigenvalue weighted by Crippen LogP contribution is 2.42. The molecule has 6 nitrogen and oxygen atoms in total. The lowest BCUT2D eigenvalue weighted by Crippen LogP contribution is -2.09. The molecule has 0 aliphatic rings. The zero-order chi connectivity index (χ0) is 37.7. The third-order valence-corrected chi connectivity index (χ3v) is 10.5. The molecule has 0 atom stereocenters.